The van der Waals surface area contributed by atoms with E-state index in [9.17, 15) is 14.7 Å². The maximum absolute atomic E-state index is 12.1. The van der Waals surface area contributed by atoms with Gasteiger partial charge >= 0.3 is 11.7 Å². The van der Waals surface area contributed by atoms with E-state index in [1.165, 1.54) is 21.8 Å². The third-order valence-corrected chi connectivity index (χ3v) is 7.13. The van der Waals surface area contributed by atoms with E-state index in [0.717, 1.165) is 83.8 Å². The summed E-state index contributed by atoms with van der Waals surface area (Å²) in [7, 11) is 0. The zero-order chi connectivity index (χ0) is 26.3. The van der Waals surface area contributed by atoms with Gasteiger partial charge in [-0.3, -0.25) is 13.9 Å². The van der Waals surface area contributed by atoms with E-state index < -0.39 is 5.97 Å². The number of aliphatic carboxylic acids is 1. The lowest BCUT2D eigenvalue weighted by atomic mass is 9.82. The SMILES string of the molecule is CCn1cc(O)n(CCCCC(C)(C)CCCCOCCCCC(C)(C)CCCCC(=O)O)c1=O. The molecule has 0 amide bonds. The van der Waals surface area contributed by atoms with Crippen LogP contribution in [0.25, 0.3) is 0 Å². The fourth-order valence-electron chi connectivity index (χ4n) is 4.67. The third-order valence-electron chi connectivity index (χ3n) is 7.13. The summed E-state index contributed by atoms with van der Waals surface area (Å²) >= 11 is 0. The lowest BCUT2D eigenvalue weighted by molar-refractivity contribution is -0.137. The van der Waals surface area contributed by atoms with Crippen LogP contribution in [0.1, 0.15) is 118 Å². The molecular weight excluding hydrogens is 444 g/mol. The summed E-state index contributed by atoms with van der Waals surface area (Å²) in [5.74, 6) is -0.633. The third kappa shape index (κ3) is 13.8. The van der Waals surface area contributed by atoms with Crippen LogP contribution < -0.4 is 5.69 Å². The first-order valence-corrected chi connectivity index (χ1v) is 13.8. The molecule has 1 aromatic heterocycles. The Morgan fingerprint density at radius 3 is 1.80 bits per heavy atom. The number of carboxylic acid groups (broad SMARTS) is 1. The molecule has 0 bridgehead atoms. The molecule has 7 heteroatoms. The number of carbonyl (C=O) groups is 1. The summed E-state index contributed by atoms with van der Waals surface area (Å²) in [6.07, 6.45) is 14.5. The van der Waals surface area contributed by atoms with Gasteiger partial charge < -0.3 is 14.9 Å². The van der Waals surface area contributed by atoms with Crippen molar-refractivity contribution in [1.29, 1.82) is 0 Å². The second-order valence-corrected chi connectivity index (χ2v) is 11.6. The van der Waals surface area contributed by atoms with E-state index in [1.807, 2.05) is 6.92 Å². The van der Waals surface area contributed by atoms with Gasteiger partial charge in [-0.2, -0.15) is 0 Å². The van der Waals surface area contributed by atoms with Crippen molar-refractivity contribution < 1.29 is 19.7 Å². The highest BCUT2D eigenvalue weighted by molar-refractivity contribution is 5.66. The Morgan fingerprint density at radius 1 is 0.857 bits per heavy atom. The Hall–Kier alpha value is -1.76. The van der Waals surface area contributed by atoms with E-state index >= 15 is 0 Å². The van der Waals surface area contributed by atoms with E-state index in [1.54, 1.807) is 0 Å². The second-order valence-electron chi connectivity index (χ2n) is 11.6. The number of rotatable bonds is 21. The first-order chi connectivity index (χ1) is 16.5. The van der Waals surface area contributed by atoms with Gasteiger partial charge in [-0.25, -0.2) is 4.79 Å². The van der Waals surface area contributed by atoms with Crippen LogP contribution in [0.15, 0.2) is 11.0 Å². The van der Waals surface area contributed by atoms with E-state index in [0.29, 0.717) is 13.1 Å². The number of imidazole rings is 1. The van der Waals surface area contributed by atoms with Crippen LogP contribution >= 0.6 is 0 Å². The standard InChI is InChI=1S/C28H52N2O5/c1-6-29-23-24(31)30(26(29)34)20-12-9-17-28(4,5)19-11-14-22-35-21-13-10-18-27(2,3)16-8-7-15-25(32)33/h23,31H,6-22H2,1-5H3,(H,32,33). The summed E-state index contributed by atoms with van der Waals surface area (Å²) in [4.78, 5) is 22.8. The molecule has 1 rings (SSSR count). The first-order valence-electron chi connectivity index (χ1n) is 13.8. The number of ether oxygens (including phenoxy) is 1. The van der Waals surface area contributed by atoms with Crippen LogP contribution in [0.4, 0.5) is 0 Å². The predicted molar refractivity (Wildman–Crippen MR) is 142 cm³/mol. The van der Waals surface area contributed by atoms with Crippen molar-refractivity contribution in [2.45, 2.75) is 131 Å². The van der Waals surface area contributed by atoms with Crippen molar-refractivity contribution in [3.63, 3.8) is 0 Å². The summed E-state index contributed by atoms with van der Waals surface area (Å²) in [6.45, 7) is 13.9. The first kappa shape index (κ1) is 31.3. The van der Waals surface area contributed by atoms with Gasteiger partial charge in [-0.1, -0.05) is 53.4 Å². The molecule has 0 radical (unpaired) electrons. The minimum Gasteiger partial charge on any atom is -0.493 e. The lowest BCUT2D eigenvalue weighted by Crippen LogP contribution is -2.23. The number of hydrogen-bond acceptors (Lipinski definition) is 4. The molecule has 1 heterocycles. The fraction of sp³-hybridized carbons (Fsp3) is 0.857. The van der Waals surface area contributed by atoms with Crippen molar-refractivity contribution in [2.24, 2.45) is 10.8 Å². The zero-order valence-electron chi connectivity index (χ0n) is 23.1. The van der Waals surface area contributed by atoms with Crippen molar-refractivity contribution in [2.75, 3.05) is 13.2 Å². The molecule has 1 aromatic rings. The number of aromatic hydroxyl groups is 1. The molecular formula is C28H52N2O5. The highest BCUT2D eigenvalue weighted by Gasteiger charge is 2.18. The number of hydrogen-bond donors (Lipinski definition) is 2. The summed E-state index contributed by atoms with van der Waals surface area (Å²) < 4.78 is 8.85. The quantitative estimate of drug-likeness (QED) is 0.187. The summed E-state index contributed by atoms with van der Waals surface area (Å²) in [5.41, 5.74) is 0.431. The molecule has 35 heavy (non-hydrogen) atoms. The Bertz CT molecular complexity index is 779. The largest absolute Gasteiger partial charge is 0.493 e. The highest BCUT2D eigenvalue weighted by Crippen LogP contribution is 2.31. The van der Waals surface area contributed by atoms with Crippen LogP contribution in [-0.4, -0.2) is 38.5 Å². The molecule has 0 aliphatic carbocycles. The fourth-order valence-corrected chi connectivity index (χ4v) is 4.67. The Labute approximate surface area is 212 Å². The number of aryl methyl sites for hydroxylation is 1. The van der Waals surface area contributed by atoms with Gasteiger partial charge in [0, 0.05) is 32.7 Å². The van der Waals surface area contributed by atoms with Crippen molar-refractivity contribution in [3.8, 4) is 5.88 Å². The van der Waals surface area contributed by atoms with Gasteiger partial charge in [0.25, 0.3) is 0 Å². The van der Waals surface area contributed by atoms with Gasteiger partial charge in [-0.05, 0) is 69.1 Å². The molecule has 7 nitrogen and oxygen atoms in total. The van der Waals surface area contributed by atoms with Crippen LogP contribution in [0.5, 0.6) is 5.88 Å². The van der Waals surface area contributed by atoms with Crippen LogP contribution in [-0.2, 0) is 22.6 Å². The van der Waals surface area contributed by atoms with Gasteiger partial charge in [0.05, 0.1) is 6.20 Å². The molecule has 2 N–H and O–H groups in total. The Kier molecular flexibility index (Phi) is 14.4. The molecule has 0 saturated carbocycles. The van der Waals surface area contributed by atoms with Gasteiger partial charge in [0.15, 0.2) is 0 Å². The number of nitrogens with zero attached hydrogens (tertiary/aromatic N) is 2. The monoisotopic (exact) mass is 496 g/mol. The average Bonchev–Trinajstić information content (AvgIpc) is 3.05. The van der Waals surface area contributed by atoms with Crippen LogP contribution in [0.3, 0.4) is 0 Å². The zero-order valence-corrected chi connectivity index (χ0v) is 23.1. The van der Waals surface area contributed by atoms with Crippen molar-refractivity contribution >= 4 is 5.97 Å². The molecule has 0 saturated heterocycles. The average molecular weight is 497 g/mol. The van der Waals surface area contributed by atoms with E-state index in [4.69, 9.17) is 9.84 Å². The van der Waals surface area contributed by atoms with Crippen molar-refractivity contribution in [3.05, 3.63) is 16.7 Å². The summed E-state index contributed by atoms with van der Waals surface area (Å²) in [6, 6.07) is 0. The molecule has 0 spiro atoms. The van der Waals surface area contributed by atoms with Gasteiger partial charge in [0.2, 0.25) is 5.88 Å². The van der Waals surface area contributed by atoms with Crippen LogP contribution in [0.2, 0.25) is 0 Å². The topological polar surface area (TPSA) is 93.7 Å². The Morgan fingerprint density at radius 2 is 1.34 bits per heavy atom. The maximum atomic E-state index is 12.1. The summed E-state index contributed by atoms with van der Waals surface area (Å²) in [5, 5.41) is 18.7. The molecule has 0 unspecified atom stereocenters. The normalized spacial score (nSPS) is 12.4. The molecule has 0 fully saturated rings. The van der Waals surface area contributed by atoms with Gasteiger partial charge in [-0.15, -0.1) is 0 Å². The molecule has 0 atom stereocenters. The minimum absolute atomic E-state index is 0.0628. The molecule has 0 aliphatic rings. The Balaban J connectivity index is 2.04. The van der Waals surface area contributed by atoms with Gasteiger partial charge in [0.1, 0.15) is 0 Å². The van der Waals surface area contributed by atoms with Crippen LogP contribution in [0, 0.1) is 10.8 Å². The molecule has 204 valence electrons. The smallest absolute Gasteiger partial charge is 0.331 e. The second kappa shape index (κ2) is 16.1. The predicted octanol–water partition coefficient (Wildman–Crippen LogP) is 6.60. The molecule has 0 aromatic carbocycles. The van der Waals surface area contributed by atoms with E-state index in [-0.39, 0.29) is 28.8 Å². The molecule has 0 aliphatic heterocycles. The number of unbranched alkanes of at least 4 members (excludes halogenated alkanes) is 4. The maximum Gasteiger partial charge on any atom is 0.331 e. The highest BCUT2D eigenvalue weighted by atomic mass is 16.5. The number of carboxylic acids is 1. The number of aromatic nitrogens is 2. The van der Waals surface area contributed by atoms with E-state index in [2.05, 4.69) is 27.7 Å². The van der Waals surface area contributed by atoms with Crippen molar-refractivity contribution in [1.82, 2.24) is 9.13 Å². The lowest BCUT2D eigenvalue weighted by Gasteiger charge is -2.25. The minimum atomic E-state index is -0.696.